The Hall–Kier alpha value is -2.07. The van der Waals surface area contributed by atoms with E-state index in [9.17, 15) is 4.79 Å². The van der Waals surface area contributed by atoms with E-state index in [1.54, 1.807) is 0 Å². The SMILES string of the molecule is COC(=O)CC1CN(C2CCCCCCCCCCC2)CN1c1ccc2ccccc2c1. The number of ether oxygens (including phenoxy) is 1. The number of rotatable bonds is 4. The second-order valence-corrected chi connectivity index (χ2v) is 9.76. The zero-order chi connectivity index (χ0) is 22.2. The topological polar surface area (TPSA) is 32.8 Å². The lowest BCUT2D eigenvalue weighted by Crippen LogP contribution is -2.35. The summed E-state index contributed by atoms with van der Waals surface area (Å²) >= 11 is 0. The fraction of sp³-hybridized carbons (Fsp3) is 0.607. The van der Waals surface area contributed by atoms with Crippen LogP contribution in [0.4, 0.5) is 5.69 Å². The molecule has 2 aliphatic rings. The van der Waals surface area contributed by atoms with Gasteiger partial charge in [0.25, 0.3) is 0 Å². The molecule has 32 heavy (non-hydrogen) atoms. The van der Waals surface area contributed by atoms with Gasteiger partial charge in [-0.15, -0.1) is 0 Å². The molecule has 2 aromatic carbocycles. The average molecular weight is 437 g/mol. The van der Waals surface area contributed by atoms with Gasteiger partial charge in [0.15, 0.2) is 0 Å². The van der Waals surface area contributed by atoms with Gasteiger partial charge in [0.05, 0.1) is 26.2 Å². The minimum absolute atomic E-state index is 0.110. The van der Waals surface area contributed by atoms with Crippen LogP contribution in [0.2, 0.25) is 0 Å². The predicted molar refractivity (Wildman–Crippen MR) is 133 cm³/mol. The van der Waals surface area contributed by atoms with Gasteiger partial charge in [-0.25, -0.2) is 0 Å². The number of fused-ring (bicyclic) bond motifs is 1. The normalized spacial score (nSPS) is 22.4. The molecule has 4 nitrogen and oxygen atoms in total. The third kappa shape index (κ3) is 6.04. The number of benzene rings is 2. The van der Waals surface area contributed by atoms with Crippen LogP contribution in [0.25, 0.3) is 10.8 Å². The number of methoxy groups -OCH3 is 1. The van der Waals surface area contributed by atoms with Crippen molar-refractivity contribution in [1.82, 2.24) is 4.90 Å². The lowest BCUT2D eigenvalue weighted by molar-refractivity contribution is -0.140. The van der Waals surface area contributed by atoms with Crippen LogP contribution in [0.5, 0.6) is 0 Å². The molecular formula is C28H40N2O2. The van der Waals surface area contributed by atoms with E-state index in [1.807, 2.05) is 0 Å². The minimum Gasteiger partial charge on any atom is -0.469 e. The van der Waals surface area contributed by atoms with Gasteiger partial charge >= 0.3 is 5.97 Å². The Kier molecular flexibility index (Phi) is 8.44. The Morgan fingerprint density at radius 3 is 2.16 bits per heavy atom. The quantitative estimate of drug-likeness (QED) is 0.511. The average Bonchev–Trinajstić information content (AvgIpc) is 3.22. The maximum Gasteiger partial charge on any atom is 0.307 e. The lowest BCUT2D eigenvalue weighted by Gasteiger charge is -2.29. The molecule has 4 heteroatoms. The summed E-state index contributed by atoms with van der Waals surface area (Å²) in [5, 5.41) is 2.52. The first kappa shape index (κ1) is 23.1. The van der Waals surface area contributed by atoms with Gasteiger partial charge in [0, 0.05) is 18.3 Å². The van der Waals surface area contributed by atoms with E-state index in [1.165, 1.54) is 94.2 Å². The molecule has 0 amide bonds. The van der Waals surface area contributed by atoms with Crippen molar-refractivity contribution in [1.29, 1.82) is 0 Å². The van der Waals surface area contributed by atoms with Gasteiger partial charge in [0.2, 0.25) is 0 Å². The number of hydrogen-bond acceptors (Lipinski definition) is 4. The summed E-state index contributed by atoms with van der Waals surface area (Å²) < 4.78 is 5.06. The van der Waals surface area contributed by atoms with Crippen molar-refractivity contribution in [2.75, 3.05) is 25.2 Å². The molecule has 1 aliphatic carbocycles. The third-order valence-electron chi connectivity index (χ3n) is 7.51. The first-order valence-corrected chi connectivity index (χ1v) is 12.8. The molecule has 0 N–H and O–H groups in total. The van der Waals surface area contributed by atoms with Crippen LogP contribution in [0.1, 0.15) is 77.0 Å². The highest BCUT2D eigenvalue weighted by molar-refractivity contribution is 5.86. The van der Waals surface area contributed by atoms with Gasteiger partial charge in [-0.3, -0.25) is 9.69 Å². The van der Waals surface area contributed by atoms with Crippen molar-refractivity contribution in [2.45, 2.75) is 89.1 Å². The molecule has 1 unspecified atom stereocenters. The number of carbonyl (C=O) groups excluding carboxylic acids is 1. The van der Waals surface area contributed by atoms with Crippen molar-refractivity contribution in [3.05, 3.63) is 42.5 Å². The Morgan fingerprint density at radius 2 is 1.50 bits per heavy atom. The minimum atomic E-state index is -0.110. The Balaban J connectivity index is 1.51. The highest BCUT2D eigenvalue weighted by Crippen LogP contribution is 2.31. The number of hydrogen-bond donors (Lipinski definition) is 0. The van der Waals surface area contributed by atoms with E-state index in [0.29, 0.717) is 12.5 Å². The molecule has 2 fully saturated rings. The number of carbonyl (C=O) groups is 1. The van der Waals surface area contributed by atoms with Crippen molar-refractivity contribution >= 4 is 22.4 Å². The van der Waals surface area contributed by atoms with Gasteiger partial charge in [-0.1, -0.05) is 88.1 Å². The third-order valence-corrected chi connectivity index (χ3v) is 7.51. The van der Waals surface area contributed by atoms with Gasteiger partial charge < -0.3 is 9.64 Å². The highest BCUT2D eigenvalue weighted by atomic mass is 16.5. The summed E-state index contributed by atoms with van der Waals surface area (Å²) in [6.45, 7) is 1.86. The van der Waals surface area contributed by atoms with Crippen LogP contribution in [0, 0.1) is 0 Å². The van der Waals surface area contributed by atoms with Gasteiger partial charge in [-0.05, 0) is 35.7 Å². The molecule has 1 saturated heterocycles. The fourth-order valence-electron chi connectivity index (χ4n) is 5.61. The van der Waals surface area contributed by atoms with E-state index in [4.69, 9.17) is 4.74 Å². The summed E-state index contributed by atoms with van der Waals surface area (Å²) in [5.41, 5.74) is 1.22. The molecule has 1 aliphatic heterocycles. The van der Waals surface area contributed by atoms with Crippen molar-refractivity contribution in [2.24, 2.45) is 0 Å². The smallest absolute Gasteiger partial charge is 0.307 e. The summed E-state index contributed by atoms with van der Waals surface area (Å²) in [7, 11) is 1.50. The summed E-state index contributed by atoms with van der Waals surface area (Å²) in [6, 6.07) is 16.0. The Morgan fingerprint density at radius 1 is 0.875 bits per heavy atom. The molecule has 4 rings (SSSR count). The second-order valence-electron chi connectivity index (χ2n) is 9.76. The molecule has 1 atom stereocenters. The standard InChI is InChI=1S/C28H40N2O2/c1-32-28(31)20-27-21-29(25-15-9-7-5-3-2-4-6-8-10-16-25)22-30(27)26-18-17-23-13-11-12-14-24(23)19-26/h11-14,17-19,25,27H,2-10,15-16,20-22H2,1H3. The number of esters is 1. The zero-order valence-corrected chi connectivity index (χ0v) is 19.8. The number of anilines is 1. The lowest BCUT2D eigenvalue weighted by atomic mass is 9.97. The highest BCUT2D eigenvalue weighted by Gasteiger charge is 2.35. The molecule has 1 heterocycles. The number of nitrogens with zero attached hydrogens (tertiary/aromatic N) is 2. The van der Waals surface area contributed by atoms with Crippen molar-refractivity contribution in [3.8, 4) is 0 Å². The van der Waals surface area contributed by atoms with Gasteiger partial charge in [0.1, 0.15) is 0 Å². The monoisotopic (exact) mass is 436 g/mol. The van der Waals surface area contributed by atoms with Gasteiger partial charge in [-0.2, -0.15) is 0 Å². The Labute approximate surface area is 193 Å². The molecule has 0 aromatic heterocycles. The van der Waals surface area contributed by atoms with E-state index in [2.05, 4.69) is 52.3 Å². The van der Waals surface area contributed by atoms with Crippen LogP contribution in [0.3, 0.4) is 0 Å². The molecule has 2 aromatic rings. The summed E-state index contributed by atoms with van der Waals surface area (Å²) in [4.78, 5) is 17.3. The van der Waals surface area contributed by atoms with Crippen LogP contribution in [0.15, 0.2) is 42.5 Å². The van der Waals surface area contributed by atoms with Crippen LogP contribution in [-0.2, 0) is 9.53 Å². The Bertz CT molecular complexity index is 855. The largest absolute Gasteiger partial charge is 0.469 e. The maximum absolute atomic E-state index is 12.2. The zero-order valence-electron chi connectivity index (χ0n) is 19.8. The molecular weight excluding hydrogens is 396 g/mol. The summed E-state index contributed by atoms with van der Waals surface area (Å²) in [6.07, 6.45) is 15.4. The van der Waals surface area contributed by atoms with E-state index in [0.717, 1.165) is 13.2 Å². The van der Waals surface area contributed by atoms with Crippen LogP contribution in [-0.4, -0.2) is 43.3 Å². The predicted octanol–water partition coefficient (Wildman–Crippen LogP) is 6.52. The second kappa shape index (κ2) is 11.7. The summed E-state index contributed by atoms with van der Waals surface area (Å²) in [5.74, 6) is -0.110. The van der Waals surface area contributed by atoms with Crippen molar-refractivity contribution in [3.63, 3.8) is 0 Å². The maximum atomic E-state index is 12.2. The molecule has 0 spiro atoms. The molecule has 174 valence electrons. The van der Waals surface area contributed by atoms with E-state index in [-0.39, 0.29) is 12.0 Å². The van der Waals surface area contributed by atoms with E-state index >= 15 is 0 Å². The fourth-order valence-corrected chi connectivity index (χ4v) is 5.61. The molecule has 0 radical (unpaired) electrons. The van der Waals surface area contributed by atoms with Crippen molar-refractivity contribution < 1.29 is 9.53 Å². The van der Waals surface area contributed by atoms with Crippen LogP contribution < -0.4 is 4.90 Å². The first-order valence-electron chi connectivity index (χ1n) is 12.8. The molecule has 1 saturated carbocycles. The van der Waals surface area contributed by atoms with E-state index < -0.39 is 0 Å². The van der Waals surface area contributed by atoms with Crippen LogP contribution >= 0.6 is 0 Å². The molecule has 0 bridgehead atoms. The first-order chi connectivity index (χ1) is 15.7.